The van der Waals surface area contributed by atoms with E-state index in [9.17, 15) is 4.79 Å². The van der Waals surface area contributed by atoms with Crippen molar-refractivity contribution in [1.29, 1.82) is 0 Å². The smallest absolute Gasteiger partial charge is 0.321 e. The molecule has 5 heteroatoms. The summed E-state index contributed by atoms with van der Waals surface area (Å²) < 4.78 is 0. The molecule has 0 spiro atoms. The second-order valence-corrected chi connectivity index (χ2v) is 4.42. The number of hydrogen-bond donors (Lipinski definition) is 2. The average molecular weight is 246 g/mol. The molecule has 1 aromatic carbocycles. The van der Waals surface area contributed by atoms with Gasteiger partial charge in [-0.25, -0.2) is 4.79 Å². The van der Waals surface area contributed by atoms with E-state index in [4.69, 9.17) is 0 Å². The largest absolute Gasteiger partial charge is 0.370 e. The Morgan fingerprint density at radius 2 is 2.28 bits per heavy atom. The molecule has 1 aliphatic heterocycles. The number of urea groups is 1. The highest BCUT2D eigenvalue weighted by Crippen LogP contribution is 2.12. The molecular weight excluding hydrogens is 228 g/mol. The lowest BCUT2D eigenvalue weighted by molar-refractivity contribution is 0.230. The topological polar surface area (TPSA) is 56.7 Å². The van der Waals surface area contributed by atoms with Gasteiger partial charge in [-0.1, -0.05) is 12.1 Å². The number of aliphatic imine (C=N–C) groups is 1. The Morgan fingerprint density at radius 1 is 1.44 bits per heavy atom. The van der Waals surface area contributed by atoms with Gasteiger partial charge in [0.1, 0.15) is 5.84 Å². The zero-order valence-electron chi connectivity index (χ0n) is 10.7. The van der Waals surface area contributed by atoms with Crippen molar-refractivity contribution in [3.8, 4) is 0 Å². The molecule has 2 amide bonds. The Balaban J connectivity index is 2.14. The molecule has 1 heterocycles. The summed E-state index contributed by atoms with van der Waals surface area (Å²) in [4.78, 5) is 17.5. The summed E-state index contributed by atoms with van der Waals surface area (Å²) in [5, 5.41) is 6.09. The molecule has 0 aromatic heterocycles. The van der Waals surface area contributed by atoms with Crippen LogP contribution in [0, 0.1) is 0 Å². The van der Waals surface area contributed by atoms with Crippen LogP contribution < -0.4 is 10.6 Å². The molecule has 0 saturated carbocycles. The molecule has 1 aromatic rings. The Kier molecular flexibility index (Phi) is 3.82. The summed E-state index contributed by atoms with van der Waals surface area (Å²) in [5.41, 5.74) is 1.78. The minimum absolute atomic E-state index is 0.134. The monoisotopic (exact) mass is 246 g/mol. The Labute approximate surface area is 107 Å². The van der Waals surface area contributed by atoms with E-state index in [2.05, 4.69) is 15.6 Å². The average Bonchev–Trinajstić information content (AvgIpc) is 2.40. The van der Waals surface area contributed by atoms with Gasteiger partial charge in [0.25, 0.3) is 0 Å². The molecule has 0 radical (unpaired) electrons. The fraction of sp³-hybridized carbons (Fsp3) is 0.385. The van der Waals surface area contributed by atoms with Crippen molar-refractivity contribution < 1.29 is 4.79 Å². The Bertz CT molecular complexity index is 468. The molecule has 5 nitrogen and oxygen atoms in total. The lowest BCUT2D eigenvalue weighted by Crippen LogP contribution is -2.30. The van der Waals surface area contributed by atoms with Crippen molar-refractivity contribution in [2.45, 2.75) is 6.42 Å². The van der Waals surface area contributed by atoms with Gasteiger partial charge in [-0.15, -0.1) is 0 Å². The number of nitrogens with zero attached hydrogens (tertiary/aromatic N) is 2. The fourth-order valence-corrected chi connectivity index (χ4v) is 1.71. The van der Waals surface area contributed by atoms with Gasteiger partial charge in [0.15, 0.2) is 0 Å². The number of benzene rings is 1. The van der Waals surface area contributed by atoms with Crippen LogP contribution in [0.1, 0.15) is 12.0 Å². The number of amides is 2. The summed E-state index contributed by atoms with van der Waals surface area (Å²) in [6.07, 6.45) is 1.07. The van der Waals surface area contributed by atoms with E-state index < -0.39 is 0 Å². The van der Waals surface area contributed by atoms with Crippen molar-refractivity contribution >= 4 is 17.6 Å². The molecule has 0 fully saturated rings. The highest BCUT2D eigenvalue weighted by atomic mass is 16.2. The van der Waals surface area contributed by atoms with Crippen molar-refractivity contribution in [2.24, 2.45) is 4.99 Å². The Morgan fingerprint density at radius 3 is 2.94 bits per heavy atom. The van der Waals surface area contributed by atoms with Gasteiger partial charge in [0.2, 0.25) is 0 Å². The van der Waals surface area contributed by atoms with E-state index in [0.29, 0.717) is 0 Å². The number of anilines is 1. The SMILES string of the molecule is CN(C)C(=O)Nc1cccc(C2=NCCCN2)c1. The van der Waals surface area contributed by atoms with E-state index in [1.54, 1.807) is 14.1 Å². The third-order valence-electron chi connectivity index (χ3n) is 2.69. The fourth-order valence-electron chi connectivity index (χ4n) is 1.71. The highest BCUT2D eigenvalue weighted by molar-refractivity contribution is 6.00. The Hall–Kier alpha value is -2.04. The molecule has 18 heavy (non-hydrogen) atoms. The minimum atomic E-state index is -0.134. The molecule has 96 valence electrons. The van der Waals surface area contributed by atoms with Crippen LogP contribution in [0.5, 0.6) is 0 Å². The number of carbonyl (C=O) groups is 1. The first-order valence-electron chi connectivity index (χ1n) is 6.04. The molecule has 2 N–H and O–H groups in total. The number of amidine groups is 1. The molecule has 0 saturated heterocycles. The predicted molar refractivity (Wildman–Crippen MR) is 73.2 cm³/mol. The van der Waals surface area contributed by atoms with Gasteiger partial charge in [-0.05, 0) is 18.6 Å². The molecule has 1 aliphatic rings. The lowest BCUT2D eigenvalue weighted by Gasteiger charge is -2.16. The van der Waals surface area contributed by atoms with Crippen LogP contribution in [-0.2, 0) is 0 Å². The maximum absolute atomic E-state index is 11.6. The van der Waals surface area contributed by atoms with Gasteiger partial charge >= 0.3 is 6.03 Å². The first-order valence-corrected chi connectivity index (χ1v) is 6.04. The zero-order valence-corrected chi connectivity index (χ0v) is 10.7. The first kappa shape index (κ1) is 12.4. The normalized spacial score (nSPS) is 14.4. The second kappa shape index (κ2) is 5.53. The van der Waals surface area contributed by atoms with Crippen LogP contribution in [0.15, 0.2) is 29.3 Å². The standard InChI is InChI=1S/C13H18N4O/c1-17(2)13(18)16-11-6-3-5-10(9-11)12-14-7-4-8-15-12/h3,5-6,9H,4,7-8H2,1-2H3,(H,14,15)(H,16,18). The third kappa shape index (κ3) is 3.00. The van der Waals surface area contributed by atoms with Crippen LogP contribution >= 0.6 is 0 Å². The molecule has 0 unspecified atom stereocenters. The molecule has 2 rings (SSSR count). The van der Waals surface area contributed by atoms with Crippen LogP contribution in [0.3, 0.4) is 0 Å². The highest BCUT2D eigenvalue weighted by Gasteiger charge is 2.09. The van der Waals surface area contributed by atoms with Gasteiger partial charge in [0.05, 0.1) is 0 Å². The lowest BCUT2D eigenvalue weighted by atomic mass is 10.1. The maximum Gasteiger partial charge on any atom is 0.321 e. The number of hydrogen-bond acceptors (Lipinski definition) is 3. The van der Waals surface area contributed by atoms with E-state index >= 15 is 0 Å². The molecule has 0 bridgehead atoms. The van der Waals surface area contributed by atoms with Crippen molar-refractivity contribution in [3.05, 3.63) is 29.8 Å². The van der Waals surface area contributed by atoms with Gasteiger partial charge in [-0.3, -0.25) is 4.99 Å². The van der Waals surface area contributed by atoms with Crippen LogP contribution in [0.2, 0.25) is 0 Å². The van der Waals surface area contributed by atoms with Gasteiger partial charge in [-0.2, -0.15) is 0 Å². The summed E-state index contributed by atoms with van der Waals surface area (Å²) in [5.74, 6) is 0.905. The number of carbonyl (C=O) groups excluding carboxylic acids is 1. The van der Waals surface area contributed by atoms with E-state index in [0.717, 1.165) is 36.6 Å². The quantitative estimate of drug-likeness (QED) is 0.831. The summed E-state index contributed by atoms with van der Waals surface area (Å²) >= 11 is 0. The second-order valence-electron chi connectivity index (χ2n) is 4.42. The summed E-state index contributed by atoms with van der Waals surface area (Å²) in [6.45, 7) is 1.81. The van der Waals surface area contributed by atoms with E-state index in [1.165, 1.54) is 4.90 Å². The summed E-state index contributed by atoms with van der Waals surface area (Å²) in [7, 11) is 3.43. The van der Waals surface area contributed by atoms with E-state index in [-0.39, 0.29) is 6.03 Å². The number of nitrogens with one attached hydrogen (secondary N) is 2. The van der Waals surface area contributed by atoms with Crippen LogP contribution in [0.25, 0.3) is 0 Å². The first-order chi connectivity index (χ1) is 8.66. The predicted octanol–water partition coefficient (Wildman–Crippen LogP) is 1.52. The van der Waals surface area contributed by atoms with Crippen molar-refractivity contribution in [1.82, 2.24) is 10.2 Å². The molecular formula is C13H18N4O. The van der Waals surface area contributed by atoms with Crippen LogP contribution in [-0.4, -0.2) is 44.0 Å². The molecule has 0 aliphatic carbocycles. The summed E-state index contributed by atoms with van der Waals surface area (Å²) in [6, 6.07) is 7.57. The van der Waals surface area contributed by atoms with Gasteiger partial charge in [0, 0.05) is 38.4 Å². The van der Waals surface area contributed by atoms with Crippen LogP contribution in [0.4, 0.5) is 10.5 Å². The van der Waals surface area contributed by atoms with Gasteiger partial charge < -0.3 is 15.5 Å². The minimum Gasteiger partial charge on any atom is -0.370 e. The van der Waals surface area contributed by atoms with E-state index in [1.807, 2.05) is 24.3 Å². The molecule has 0 atom stereocenters. The zero-order chi connectivity index (χ0) is 13.0. The maximum atomic E-state index is 11.6. The number of rotatable bonds is 2. The third-order valence-corrected chi connectivity index (χ3v) is 2.69. The van der Waals surface area contributed by atoms with Crippen molar-refractivity contribution in [2.75, 3.05) is 32.5 Å². The van der Waals surface area contributed by atoms with Crippen molar-refractivity contribution in [3.63, 3.8) is 0 Å².